The first-order chi connectivity index (χ1) is 14.5. The SMILES string of the molecule is Cc1cc(-c2ncc(CNC(=O)c3cc(-c4ccc(F)cn4)on3)cc2C)ccn1. The fraction of sp³-hybridized carbons (Fsp3) is 0.136. The second-order valence-corrected chi connectivity index (χ2v) is 6.82. The zero-order valence-corrected chi connectivity index (χ0v) is 16.4. The van der Waals surface area contributed by atoms with Gasteiger partial charge in [0.05, 0.1) is 11.9 Å². The Morgan fingerprint density at radius 2 is 1.93 bits per heavy atom. The molecule has 150 valence electrons. The molecular weight excluding hydrogens is 385 g/mol. The quantitative estimate of drug-likeness (QED) is 0.544. The average Bonchev–Trinajstić information content (AvgIpc) is 3.23. The molecule has 7 nitrogen and oxygen atoms in total. The maximum absolute atomic E-state index is 13.0. The van der Waals surface area contributed by atoms with Gasteiger partial charge >= 0.3 is 0 Å². The molecule has 0 aliphatic rings. The summed E-state index contributed by atoms with van der Waals surface area (Å²) in [7, 11) is 0. The number of nitrogens with one attached hydrogen (secondary N) is 1. The highest BCUT2D eigenvalue weighted by Gasteiger charge is 2.15. The van der Waals surface area contributed by atoms with E-state index < -0.39 is 11.7 Å². The van der Waals surface area contributed by atoms with Crippen molar-refractivity contribution in [1.82, 2.24) is 25.4 Å². The largest absolute Gasteiger partial charge is 0.354 e. The number of hydrogen-bond donors (Lipinski definition) is 1. The Labute approximate surface area is 172 Å². The summed E-state index contributed by atoms with van der Waals surface area (Å²) in [5.74, 6) is -0.557. The number of rotatable bonds is 5. The van der Waals surface area contributed by atoms with E-state index in [1.165, 1.54) is 18.2 Å². The van der Waals surface area contributed by atoms with Gasteiger partial charge in [-0.05, 0) is 49.2 Å². The highest BCUT2D eigenvalue weighted by Crippen LogP contribution is 2.22. The van der Waals surface area contributed by atoms with Crippen LogP contribution in [0.2, 0.25) is 0 Å². The predicted octanol–water partition coefficient (Wildman–Crippen LogP) is 3.88. The molecule has 4 aromatic rings. The van der Waals surface area contributed by atoms with Gasteiger partial charge in [-0.25, -0.2) is 9.37 Å². The van der Waals surface area contributed by atoms with E-state index in [0.29, 0.717) is 12.2 Å². The summed E-state index contributed by atoms with van der Waals surface area (Å²) < 4.78 is 18.1. The number of pyridine rings is 3. The molecule has 0 aliphatic carbocycles. The molecule has 0 aromatic carbocycles. The van der Waals surface area contributed by atoms with Crippen LogP contribution >= 0.6 is 0 Å². The molecule has 30 heavy (non-hydrogen) atoms. The number of aryl methyl sites for hydroxylation is 2. The van der Waals surface area contributed by atoms with E-state index in [2.05, 4.69) is 25.4 Å². The lowest BCUT2D eigenvalue weighted by Crippen LogP contribution is -2.23. The van der Waals surface area contributed by atoms with E-state index >= 15 is 0 Å². The minimum Gasteiger partial charge on any atom is -0.354 e. The van der Waals surface area contributed by atoms with Crippen molar-refractivity contribution in [3.63, 3.8) is 0 Å². The fourth-order valence-electron chi connectivity index (χ4n) is 3.02. The molecule has 0 atom stereocenters. The van der Waals surface area contributed by atoms with Crippen molar-refractivity contribution < 1.29 is 13.7 Å². The van der Waals surface area contributed by atoms with Gasteiger partial charge in [0.2, 0.25) is 0 Å². The van der Waals surface area contributed by atoms with Gasteiger partial charge in [-0.3, -0.25) is 14.8 Å². The van der Waals surface area contributed by atoms with Crippen molar-refractivity contribution in [1.29, 1.82) is 0 Å². The number of amides is 1. The normalized spacial score (nSPS) is 10.8. The summed E-state index contributed by atoms with van der Waals surface area (Å²) >= 11 is 0. The molecule has 1 amide bonds. The number of hydrogen-bond acceptors (Lipinski definition) is 6. The van der Waals surface area contributed by atoms with Gasteiger partial charge in [0.25, 0.3) is 5.91 Å². The maximum atomic E-state index is 13.0. The Balaban J connectivity index is 1.43. The van der Waals surface area contributed by atoms with E-state index in [1.807, 2.05) is 32.0 Å². The molecule has 4 rings (SSSR count). The maximum Gasteiger partial charge on any atom is 0.273 e. The minimum absolute atomic E-state index is 0.115. The smallest absolute Gasteiger partial charge is 0.273 e. The van der Waals surface area contributed by atoms with Crippen molar-refractivity contribution in [3.05, 3.63) is 83.3 Å². The summed E-state index contributed by atoms with van der Waals surface area (Å²) in [4.78, 5) is 25.0. The molecule has 0 saturated heterocycles. The van der Waals surface area contributed by atoms with E-state index in [0.717, 1.165) is 34.3 Å². The van der Waals surface area contributed by atoms with E-state index in [9.17, 15) is 9.18 Å². The van der Waals surface area contributed by atoms with Gasteiger partial charge in [-0.15, -0.1) is 0 Å². The number of halogens is 1. The van der Waals surface area contributed by atoms with Crippen molar-refractivity contribution in [2.24, 2.45) is 0 Å². The van der Waals surface area contributed by atoms with Crippen LogP contribution in [0.1, 0.15) is 27.3 Å². The Morgan fingerprint density at radius 3 is 2.67 bits per heavy atom. The van der Waals surface area contributed by atoms with E-state index in [4.69, 9.17) is 4.52 Å². The summed E-state index contributed by atoms with van der Waals surface area (Å²) in [5, 5.41) is 6.56. The summed E-state index contributed by atoms with van der Waals surface area (Å²) in [6, 6.07) is 10.1. The van der Waals surface area contributed by atoms with Gasteiger partial charge in [0, 0.05) is 36.3 Å². The third-order valence-corrected chi connectivity index (χ3v) is 4.48. The number of nitrogens with zero attached hydrogens (tertiary/aromatic N) is 4. The highest BCUT2D eigenvalue weighted by atomic mass is 19.1. The Kier molecular flexibility index (Phi) is 5.30. The first-order valence-corrected chi connectivity index (χ1v) is 9.25. The zero-order chi connectivity index (χ0) is 21.1. The Morgan fingerprint density at radius 1 is 1.07 bits per heavy atom. The van der Waals surface area contributed by atoms with Gasteiger partial charge in [-0.2, -0.15) is 0 Å². The monoisotopic (exact) mass is 403 g/mol. The lowest BCUT2D eigenvalue weighted by atomic mass is 10.1. The molecule has 4 heterocycles. The topological polar surface area (TPSA) is 93.8 Å². The van der Waals surface area contributed by atoms with Gasteiger partial charge < -0.3 is 9.84 Å². The summed E-state index contributed by atoms with van der Waals surface area (Å²) in [6.07, 6.45) is 4.56. The minimum atomic E-state index is -0.454. The predicted molar refractivity (Wildman–Crippen MR) is 108 cm³/mol. The van der Waals surface area contributed by atoms with Crippen LogP contribution in [0, 0.1) is 19.7 Å². The second kappa shape index (κ2) is 8.20. The Hall–Kier alpha value is -3.94. The second-order valence-electron chi connectivity index (χ2n) is 6.82. The van der Waals surface area contributed by atoms with Gasteiger partial charge in [0.15, 0.2) is 11.5 Å². The third kappa shape index (κ3) is 4.22. The third-order valence-electron chi connectivity index (χ3n) is 4.48. The molecule has 4 aromatic heterocycles. The van der Waals surface area contributed by atoms with Crippen molar-refractivity contribution in [2.45, 2.75) is 20.4 Å². The van der Waals surface area contributed by atoms with Crippen molar-refractivity contribution in [2.75, 3.05) is 0 Å². The zero-order valence-electron chi connectivity index (χ0n) is 16.4. The van der Waals surface area contributed by atoms with Crippen molar-refractivity contribution >= 4 is 5.91 Å². The van der Waals surface area contributed by atoms with Crippen LogP contribution in [0.3, 0.4) is 0 Å². The van der Waals surface area contributed by atoms with Crippen LogP contribution in [0.25, 0.3) is 22.7 Å². The molecule has 0 bridgehead atoms. The number of carbonyl (C=O) groups excluding carboxylic acids is 1. The molecule has 0 aliphatic heterocycles. The van der Waals surface area contributed by atoms with Crippen LogP contribution in [0.5, 0.6) is 0 Å². The van der Waals surface area contributed by atoms with Crippen molar-refractivity contribution in [3.8, 4) is 22.7 Å². The lowest BCUT2D eigenvalue weighted by molar-refractivity contribution is 0.0942. The van der Waals surface area contributed by atoms with Crippen LogP contribution < -0.4 is 5.32 Å². The molecule has 0 unspecified atom stereocenters. The standard InChI is InChI=1S/C22H18FN5O2/c1-13-7-15(10-26-21(13)16-5-6-24-14(2)8-16)11-27-22(29)19-9-20(30-28-19)18-4-3-17(23)12-25-18/h3-10,12H,11H2,1-2H3,(H,27,29). The molecule has 1 N–H and O–H groups in total. The van der Waals surface area contributed by atoms with Gasteiger partial charge in [-0.1, -0.05) is 11.2 Å². The van der Waals surface area contributed by atoms with Crippen LogP contribution in [-0.4, -0.2) is 26.0 Å². The van der Waals surface area contributed by atoms with Crippen LogP contribution in [0.4, 0.5) is 4.39 Å². The molecule has 0 saturated carbocycles. The lowest BCUT2D eigenvalue weighted by Gasteiger charge is -2.09. The fourth-order valence-corrected chi connectivity index (χ4v) is 3.02. The molecule has 0 radical (unpaired) electrons. The highest BCUT2D eigenvalue weighted by molar-refractivity contribution is 5.92. The van der Waals surface area contributed by atoms with Crippen LogP contribution in [0.15, 0.2) is 59.5 Å². The molecule has 0 spiro atoms. The number of carbonyl (C=O) groups is 1. The average molecular weight is 403 g/mol. The molecule has 8 heteroatoms. The summed E-state index contributed by atoms with van der Waals surface area (Å²) in [5.41, 5.74) is 5.17. The summed E-state index contributed by atoms with van der Waals surface area (Å²) in [6.45, 7) is 4.20. The molecule has 0 fully saturated rings. The Bertz CT molecular complexity index is 1200. The number of aromatic nitrogens is 4. The van der Waals surface area contributed by atoms with E-state index in [-0.39, 0.29) is 11.5 Å². The van der Waals surface area contributed by atoms with Gasteiger partial charge in [0.1, 0.15) is 11.5 Å². The van der Waals surface area contributed by atoms with E-state index in [1.54, 1.807) is 12.4 Å². The van der Waals surface area contributed by atoms with Crippen LogP contribution in [-0.2, 0) is 6.54 Å². The first kappa shape index (κ1) is 19.4. The first-order valence-electron chi connectivity index (χ1n) is 9.25. The molecular formula is C22H18FN5O2.